The third-order valence-electron chi connectivity index (χ3n) is 3.28. The first-order chi connectivity index (χ1) is 9.08. The predicted octanol–water partition coefficient (Wildman–Crippen LogP) is 3.85. The summed E-state index contributed by atoms with van der Waals surface area (Å²) in [5, 5.41) is 0.602. The summed E-state index contributed by atoms with van der Waals surface area (Å²) >= 11 is 6.16. The summed E-state index contributed by atoms with van der Waals surface area (Å²) in [5.74, 6) is 0.615. The van der Waals surface area contributed by atoms with Gasteiger partial charge in [-0.3, -0.25) is 4.40 Å². The van der Waals surface area contributed by atoms with Crippen molar-refractivity contribution >= 4 is 23.1 Å². The summed E-state index contributed by atoms with van der Waals surface area (Å²) in [6.07, 6.45) is 1.87. The van der Waals surface area contributed by atoms with Gasteiger partial charge in [0.2, 0.25) is 0 Å². The van der Waals surface area contributed by atoms with E-state index in [2.05, 4.69) is 37.0 Å². The summed E-state index contributed by atoms with van der Waals surface area (Å²) in [5.41, 5.74) is 11.1. The van der Waals surface area contributed by atoms with Crippen molar-refractivity contribution in [3.63, 3.8) is 0 Å². The van der Waals surface area contributed by atoms with Crippen LogP contribution in [0.5, 0.6) is 0 Å². The van der Waals surface area contributed by atoms with Gasteiger partial charge in [-0.2, -0.15) is 0 Å². The number of aryl methyl sites for hydroxylation is 2. The van der Waals surface area contributed by atoms with Crippen LogP contribution in [0.25, 0.3) is 16.9 Å². The first-order valence-corrected chi connectivity index (χ1v) is 6.45. The monoisotopic (exact) mass is 271 g/mol. The van der Waals surface area contributed by atoms with E-state index >= 15 is 0 Å². The van der Waals surface area contributed by atoms with Gasteiger partial charge in [-0.25, -0.2) is 4.98 Å². The van der Waals surface area contributed by atoms with Gasteiger partial charge in [0.05, 0.1) is 5.02 Å². The molecule has 0 saturated carbocycles. The van der Waals surface area contributed by atoms with Crippen LogP contribution in [0.4, 0.5) is 5.82 Å². The fraction of sp³-hybridized carbons (Fsp3) is 0.133. The van der Waals surface area contributed by atoms with Crippen LogP contribution >= 0.6 is 11.6 Å². The fourth-order valence-corrected chi connectivity index (χ4v) is 2.54. The van der Waals surface area contributed by atoms with Crippen molar-refractivity contribution in [2.75, 3.05) is 5.73 Å². The van der Waals surface area contributed by atoms with Gasteiger partial charge in [0.15, 0.2) is 5.65 Å². The molecule has 2 N–H and O–H groups in total. The van der Waals surface area contributed by atoms with E-state index in [-0.39, 0.29) is 0 Å². The molecule has 1 aromatic carbocycles. The first-order valence-electron chi connectivity index (χ1n) is 6.07. The van der Waals surface area contributed by atoms with Crippen LogP contribution in [0.1, 0.15) is 11.1 Å². The lowest BCUT2D eigenvalue weighted by atomic mass is 10.0. The summed E-state index contributed by atoms with van der Waals surface area (Å²) in [6.45, 7) is 4.13. The molecular weight excluding hydrogens is 258 g/mol. The number of nitrogen functional groups attached to an aromatic ring is 1. The molecular formula is C15H14ClN3. The van der Waals surface area contributed by atoms with Gasteiger partial charge in [-0.15, -0.1) is 0 Å². The molecule has 0 atom stereocenters. The van der Waals surface area contributed by atoms with Crippen LogP contribution in [0.15, 0.2) is 36.5 Å². The lowest BCUT2D eigenvalue weighted by molar-refractivity contribution is 1.20. The highest BCUT2D eigenvalue weighted by Gasteiger charge is 2.14. The van der Waals surface area contributed by atoms with E-state index in [0.717, 1.165) is 16.8 Å². The second-order valence-corrected chi connectivity index (χ2v) is 5.12. The number of rotatable bonds is 1. The van der Waals surface area contributed by atoms with Crippen molar-refractivity contribution in [2.24, 2.45) is 0 Å². The Hall–Kier alpha value is -2.00. The van der Waals surface area contributed by atoms with Crippen LogP contribution < -0.4 is 5.73 Å². The zero-order valence-electron chi connectivity index (χ0n) is 10.8. The predicted molar refractivity (Wildman–Crippen MR) is 79.5 cm³/mol. The van der Waals surface area contributed by atoms with Crippen molar-refractivity contribution in [3.8, 4) is 11.3 Å². The van der Waals surface area contributed by atoms with Crippen LogP contribution in [0.3, 0.4) is 0 Å². The Morgan fingerprint density at radius 1 is 1.21 bits per heavy atom. The minimum atomic E-state index is 0.602. The van der Waals surface area contributed by atoms with Crippen molar-refractivity contribution < 1.29 is 0 Å². The molecule has 96 valence electrons. The van der Waals surface area contributed by atoms with Gasteiger partial charge in [0, 0.05) is 11.8 Å². The minimum Gasteiger partial charge on any atom is -0.383 e. The molecule has 0 spiro atoms. The minimum absolute atomic E-state index is 0.602. The Balaban J connectivity index is 2.31. The average molecular weight is 272 g/mol. The van der Waals surface area contributed by atoms with E-state index in [1.54, 1.807) is 0 Å². The van der Waals surface area contributed by atoms with E-state index in [1.807, 2.05) is 22.7 Å². The fourth-order valence-electron chi connectivity index (χ4n) is 2.33. The Labute approximate surface area is 116 Å². The summed E-state index contributed by atoms with van der Waals surface area (Å²) in [6, 6.07) is 9.92. The Kier molecular flexibility index (Phi) is 2.72. The first kappa shape index (κ1) is 12.1. The molecule has 0 unspecified atom stereocenters. The summed E-state index contributed by atoms with van der Waals surface area (Å²) in [7, 11) is 0. The number of benzene rings is 1. The van der Waals surface area contributed by atoms with Gasteiger partial charge in [-0.1, -0.05) is 35.4 Å². The number of aromatic nitrogens is 2. The molecule has 0 bridgehead atoms. The van der Waals surface area contributed by atoms with E-state index in [0.29, 0.717) is 16.5 Å². The Morgan fingerprint density at radius 2 is 2.00 bits per heavy atom. The third kappa shape index (κ3) is 1.87. The van der Waals surface area contributed by atoms with Crippen LogP contribution in [0, 0.1) is 13.8 Å². The zero-order valence-corrected chi connectivity index (χ0v) is 11.6. The number of hydrogen-bond acceptors (Lipinski definition) is 2. The van der Waals surface area contributed by atoms with Crippen molar-refractivity contribution in [2.45, 2.75) is 13.8 Å². The highest BCUT2D eigenvalue weighted by molar-refractivity contribution is 6.33. The van der Waals surface area contributed by atoms with Gasteiger partial charge in [0.25, 0.3) is 0 Å². The molecule has 3 nitrogen and oxygen atoms in total. The van der Waals surface area contributed by atoms with Crippen molar-refractivity contribution in [3.05, 3.63) is 52.7 Å². The van der Waals surface area contributed by atoms with E-state index in [1.165, 1.54) is 5.56 Å². The lowest BCUT2D eigenvalue weighted by Gasteiger charge is -2.05. The summed E-state index contributed by atoms with van der Waals surface area (Å²) < 4.78 is 1.82. The number of nitrogens with two attached hydrogens (primary N) is 1. The van der Waals surface area contributed by atoms with Crippen LogP contribution in [-0.2, 0) is 0 Å². The highest BCUT2D eigenvalue weighted by Crippen LogP contribution is 2.31. The van der Waals surface area contributed by atoms with Gasteiger partial charge < -0.3 is 5.73 Å². The number of nitrogens with zero attached hydrogens (tertiary/aromatic N) is 2. The number of anilines is 1. The normalized spacial score (nSPS) is 11.1. The topological polar surface area (TPSA) is 43.3 Å². The van der Waals surface area contributed by atoms with Crippen LogP contribution in [0.2, 0.25) is 5.02 Å². The number of halogens is 1. The molecule has 4 heteroatoms. The smallest absolute Gasteiger partial charge is 0.157 e. The molecule has 0 aliphatic carbocycles. The zero-order chi connectivity index (χ0) is 13.6. The molecule has 0 saturated heterocycles. The third-order valence-corrected chi connectivity index (χ3v) is 3.57. The molecule has 19 heavy (non-hydrogen) atoms. The largest absolute Gasteiger partial charge is 0.383 e. The van der Waals surface area contributed by atoms with Crippen molar-refractivity contribution in [1.82, 2.24) is 9.38 Å². The molecule has 2 heterocycles. The molecule has 0 radical (unpaired) electrons. The molecule has 2 aromatic heterocycles. The highest BCUT2D eigenvalue weighted by atomic mass is 35.5. The molecule has 0 aliphatic rings. The maximum absolute atomic E-state index is 6.19. The summed E-state index contributed by atoms with van der Waals surface area (Å²) in [4.78, 5) is 4.58. The maximum Gasteiger partial charge on any atom is 0.157 e. The van der Waals surface area contributed by atoms with Gasteiger partial charge >= 0.3 is 0 Å². The second kappa shape index (κ2) is 4.28. The number of hydrogen-bond donors (Lipinski definition) is 1. The molecule has 3 rings (SSSR count). The molecule has 0 aliphatic heterocycles. The van der Waals surface area contributed by atoms with Crippen molar-refractivity contribution in [1.29, 1.82) is 0 Å². The van der Waals surface area contributed by atoms with E-state index < -0.39 is 0 Å². The number of fused-ring (bicyclic) bond motifs is 1. The Morgan fingerprint density at radius 3 is 2.68 bits per heavy atom. The average Bonchev–Trinajstić information content (AvgIpc) is 2.69. The second-order valence-electron chi connectivity index (χ2n) is 4.71. The number of imidazole rings is 1. The standard InChI is InChI=1S/C15H14ClN3/c1-9-5-6-11(10(2)8-9)13-14(17)19-7-3-4-12(16)15(19)18-13/h3-8H,17H2,1-2H3. The lowest BCUT2D eigenvalue weighted by Crippen LogP contribution is -1.94. The van der Waals surface area contributed by atoms with Crippen LogP contribution in [-0.4, -0.2) is 9.38 Å². The molecule has 0 amide bonds. The quantitative estimate of drug-likeness (QED) is 0.730. The number of pyridine rings is 1. The molecule has 3 aromatic rings. The van der Waals surface area contributed by atoms with Gasteiger partial charge in [-0.05, 0) is 31.5 Å². The maximum atomic E-state index is 6.19. The Bertz CT molecular complexity index is 774. The van der Waals surface area contributed by atoms with E-state index in [9.17, 15) is 0 Å². The van der Waals surface area contributed by atoms with Gasteiger partial charge in [0.1, 0.15) is 11.5 Å². The molecule has 0 fully saturated rings. The van der Waals surface area contributed by atoms with E-state index in [4.69, 9.17) is 17.3 Å². The SMILES string of the molecule is Cc1ccc(-c2nc3c(Cl)cccn3c2N)c(C)c1.